The minimum absolute atomic E-state index is 0.0142. The Kier molecular flexibility index (Phi) is 6.17. The number of hydrogen-bond acceptors (Lipinski definition) is 3. The summed E-state index contributed by atoms with van der Waals surface area (Å²) >= 11 is 6.01. The third kappa shape index (κ3) is 5.12. The monoisotopic (exact) mass is 417 g/mol. The van der Waals surface area contributed by atoms with Gasteiger partial charge in [-0.1, -0.05) is 30.7 Å². The summed E-state index contributed by atoms with van der Waals surface area (Å²) in [6, 6.07) is 10.3. The molecule has 2 unspecified atom stereocenters. The van der Waals surface area contributed by atoms with Crippen molar-refractivity contribution < 1.29 is 18.8 Å². The van der Waals surface area contributed by atoms with E-state index < -0.39 is 17.6 Å². The van der Waals surface area contributed by atoms with Gasteiger partial charge in [0.15, 0.2) is 0 Å². The SMILES string of the molecule is CC1CC1C(=O)Nc1ccc(F)cc1C(=O)N(C)CC(=O)Nc1ccccc1Cl. The van der Waals surface area contributed by atoms with Gasteiger partial charge in [0.2, 0.25) is 11.8 Å². The van der Waals surface area contributed by atoms with E-state index in [-0.39, 0.29) is 29.6 Å². The predicted octanol–water partition coefficient (Wildman–Crippen LogP) is 3.78. The Morgan fingerprint density at radius 3 is 2.48 bits per heavy atom. The Bertz CT molecular complexity index is 966. The van der Waals surface area contributed by atoms with E-state index in [9.17, 15) is 18.8 Å². The van der Waals surface area contributed by atoms with Crippen molar-refractivity contribution in [2.45, 2.75) is 13.3 Å². The van der Waals surface area contributed by atoms with E-state index in [1.807, 2.05) is 6.92 Å². The van der Waals surface area contributed by atoms with Gasteiger partial charge in [0, 0.05) is 13.0 Å². The molecule has 0 bridgehead atoms. The molecule has 29 heavy (non-hydrogen) atoms. The van der Waals surface area contributed by atoms with Crippen molar-refractivity contribution in [2.75, 3.05) is 24.2 Å². The van der Waals surface area contributed by atoms with Gasteiger partial charge in [-0.05, 0) is 42.7 Å². The highest BCUT2D eigenvalue weighted by Crippen LogP contribution is 2.38. The molecule has 1 saturated carbocycles. The fraction of sp³-hybridized carbons (Fsp3) is 0.286. The van der Waals surface area contributed by atoms with Crippen LogP contribution in [0.25, 0.3) is 0 Å². The molecule has 2 atom stereocenters. The van der Waals surface area contributed by atoms with Gasteiger partial charge in [-0.15, -0.1) is 0 Å². The molecular weight excluding hydrogens is 397 g/mol. The molecule has 0 radical (unpaired) electrons. The van der Waals surface area contributed by atoms with Crippen LogP contribution in [0.15, 0.2) is 42.5 Å². The molecule has 1 aliphatic rings. The fourth-order valence-electron chi connectivity index (χ4n) is 2.96. The summed E-state index contributed by atoms with van der Waals surface area (Å²) in [6.45, 7) is 1.69. The van der Waals surface area contributed by atoms with E-state index in [0.717, 1.165) is 17.4 Å². The highest BCUT2D eigenvalue weighted by Gasteiger charge is 2.39. The zero-order valence-corrected chi connectivity index (χ0v) is 16.8. The second kappa shape index (κ2) is 8.61. The first-order chi connectivity index (χ1) is 13.8. The standard InChI is InChI=1S/C21H21ClFN3O3/c1-12-9-14(12)20(28)25-17-8-7-13(23)10-15(17)21(29)26(2)11-19(27)24-18-6-4-3-5-16(18)22/h3-8,10,12,14H,9,11H2,1-2H3,(H,24,27)(H,25,28). The minimum Gasteiger partial charge on any atom is -0.332 e. The first-order valence-corrected chi connectivity index (χ1v) is 9.54. The number of rotatable bonds is 6. The topological polar surface area (TPSA) is 78.5 Å². The molecule has 1 fully saturated rings. The van der Waals surface area contributed by atoms with Gasteiger partial charge in [-0.2, -0.15) is 0 Å². The molecule has 0 aromatic heterocycles. The van der Waals surface area contributed by atoms with Gasteiger partial charge in [-0.3, -0.25) is 14.4 Å². The number of halogens is 2. The summed E-state index contributed by atoms with van der Waals surface area (Å²) < 4.78 is 13.8. The number of likely N-dealkylation sites (N-methyl/N-ethyl adjacent to an activating group) is 1. The molecule has 6 nitrogen and oxygen atoms in total. The number of para-hydroxylation sites is 1. The summed E-state index contributed by atoms with van der Waals surface area (Å²) in [5.41, 5.74) is 0.635. The second-order valence-electron chi connectivity index (χ2n) is 7.19. The van der Waals surface area contributed by atoms with Crippen LogP contribution in [-0.2, 0) is 9.59 Å². The van der Waals surface area contributed by atoms with Gasteiger partial charge in [-0.25, -0.2) is 4.39 Å². The van der Waals surface area contributed by atoms with E-state index in [2.05, 4.69) is 10.6 Å². The van der Waals surface area contributed by atoms with Crippen molar-refractivity contribution in [3.8, 4) is 0 Å². The maximum atomic E-state index is 13.8. The predicted molar refractivity (Wildman–Crippen MR) is 109 cm³/mol. The summed E-state index contributed by atoms with van der Waals surface area (Å²) in [5, 5.41) is 5.69. The van der Waals surface area contributed by atoms with Crippen LogP contribution in [0.1, 0.15) is 23.7 Å². The summed E-state index contributed by atoms with van der Waals surface area (Å²) in [6.07, 6.45) is 0.790. The first-order valence-electron chi connectivity index (χ1n) is 9.16. The zero-order chi connectivity index (χ0) is 21.1. The van der Waals surface area contributed by atoms with Gasteiger partial charge in [0.05, 0.1) is 28.5 Å². The molecule has 3 amide bonds. The Balaban J connectivity index is 1.70. The first kappa shape index (κ1) is 20.8. The minimum atomic E-state index is -0.611. The third-order valence-corrected chi connectivity index (χ3v) is 5.12. The van der Waals surface area contributed by atoms with Crippen molar-refractivity contribution >= 4 is 40.7 Å². The van der Waals surface area contributed by atoms with Crippen LogP contribution < -0.4 is 10.6 Å². The Labute approximate surface area is 173 Å². The van der Waals surface area contributed by atoms with E-state index in [0.29, 0.717) is 16.6 Å². The summed E-state index contributed by atoms with van der Waals surface area (Å²) in [4.78, 5) is 38.4. The highest BCUT2D eigenvalue weighted by atomic mass is 35.5. The smallest absolute Gasteiger partial charge is 0.256 e. The Morgan fingerprint density at radius 1 is 1.14 bits per heavy atom. The maximum absolute atomic E-state index is 13.8. The molecular formula is C21H21ClFN3O3. The molecule has 0 spiro atoms. The molecule has 2 aromatic carbocycles. The second-order valence-corrected chi connectivity index (χ2v) is 7.60. The van der Waals surface area contributed by atoms with E-state index in [1.54, 1.807) is 24.3 Å². The van der Waals surface area contributed by atoms with Gasteiger partial charge in [0.25, 0.3) is 5.91 Å². The van der Waals surface area contributed by atoms with Crippen LogP contribution >= 0.6 is 11.6 Å². The van der Waals surface area contributed by atoms with E-state index >= 15 is 0 Å². The van der Waals surface area contributed by atoms with Crippen LogP contribution in [0.3, 0.4) is 0 Å². The summed E-state index contributed by atoms with van der Waals surface area (Å²) in [7, 11) is 1.42. The number of carbonyl (C=O) groups is 3. The van der Waals surface area contributed by atoms with Gasteiger partial charge in [0.1, 0.15) is 5.82 Å². The molecule has 0 aliphatic heterocycles. The number of nitrogens with one attached hydrogen (secondary N) is 2. The maximum Gasteiger partial charge on any atom is 0.256 e. The lowest BCUT2D eigenvalue weighted by molar-refractivity contribution is -0.118. The third-order valence-electron chi connectivity index (χ3n) is 4.79. The molecule has 0 saturated heterocycles. The van der Waals surface area contributed by atoms with Gasteiger partial charge >= 0.3 is 0 Å². The molecule has 0 heterocycles. The normalized spacial score (nSPS) is 17.4. The van der Waals surface area contributed by atoms with Crippen LogP contribution in [0.4, 0.5) is 15.8 Å². The van der Waals surface area contributed by atoms with Crippen LogP contribution in [0, 0.1) is 17.7 Å². The fourth-order valence-corrected chi connectivity index (χ4v) is 3.14. The molecule has 2 N–H and O–H groups in total. The molecule has 2 aromatic rings. The molecule has 1 aliphatic carbocycles. The number of hydrogen-bond donors (Lipinski definition) is 2. The lowest BCUT2D eigenvalue weighted by atomic mass is 10.1. The van der Waals surface area contributed by atoms with Gasteiger partial charge < -0.3 is 15.5 Å². The van der Waals surface area contributed by atoms with Crippen molar-refractivity contribution in [1.29, 1.82) is 0 Å². The molecule has 152 valence electrons. The zero-order valence-electron chi connectivity index (χ0n) is 16.0. The summed E-state index contributed by atoms with van der Waals surface area (Å²) in [5.74, 6) is -1.65. The van der Waals surface area contributed by atoms with Crippen LogP contribution in [0.5, 0.6) is 0 Å². The average molecular weight is 418 g/mol. The van der Waals surface area contributed by atoms with Crippen molar-refractivity contribution in [2.24, 2.45) is 11.8 Å². The van der Waals surface area contributed by atoms with Crippen LogP contribution in [0.2, 0.25) is 5.02 Å². The number of nitrogens with zero attached hydrogens (tertiary/aromatic N) is 1. The number of benzene rings is 2. The Morgan fingerprint density at radius 2 is 1.83 bits per heavy atom. The van der Waals surface area contributed by atoms with Crippen molar-refractivity contribution in [3.63, 3.8) is 0 Å². The highest BCUT2D eigenvalue weighted by molar-refractivity contribution is 6.33. The number of carbonyl (C=O) groups excluding carboxylic acids is 3. The average Bonchev–Trinajstić information content (AvgIpc) is 3.41. The number of amides is 3. The lowest BCUT2D eigenvalue weighted by Crippen LogP contribution is -2.35. The molecule has 8 heteroatoms. The quantitative estimate of drug-likeness (QED) is 0.750. The van der Waals surface area contributed by atoms with E-state index in [4.69, 9.17) is 11.6 Å². The van der Waals surface area contributed by atoms with Crippen LogP contribution in [-0.4, -0.2) is 36.2 Å². The number of anilines is 2. The molecule has 3 rings (SSSR count). The lowest BCUT2D eigenvalue weighted by Gasteiger charge is -2.19. The van der Waals surface area contributed by atoms with E-state index in [1.165, 1.54) is 19.2 Å². The largest absolute Gasteiger partial charge is 0.332 e. The Hall–Kier alpha value is -2.93. The van der Waals surface area contributed by atoms with Crippen molar-refractivity contribution in [1.82, 2.24) is 4.90 Å². The van der Waals surface area contributed by atoms with Crippen molar-refractivity contribution in [3.05, 3.63) is 58.9 Å².